The molecule has 0 aliphatic heterocycles. The minimum Gasteiger partial charge on any atom is -0.0654 e. The summed E-state index contributed by atoms with van der Waals surface area (Å²) < 4.78 is 0. The normalized spacial score (nSPS) is 10.3. The lowest BCUT2D eigenvalue weighted by atomic mass is 9.88. The van der Waals surface area contributed by atoms with E-state index in [0.717, 1.165) is 11.8 Å². The molecular weight excluding hydrogens is 168 g/mol. The van der Waals surface area contributed by atoms with Gasteiger partial charge in [-0.2, -0.15) is 0 Å². The van der Waals surface area contributed by atoms with Gasteiger partial charge in [0.05, 0.1) is 0 Å². The van der Waals surface area contributed by atoms with Gasteiger partial charge in [-0.15, -0.1) is 0 Å². The maximum atomic E-state index is 2.34. The summed E-state index contributed by atoms with van der Waals surface area (Å²) in [5, 5.41) is 0. The third kappa shape index (κ3) is 12.0. The van der Waals surface area contributed by atoms with Crippen LogP contribution in [0.5, 0.6) is 0 Å². The van der Waals surface area contributed by atoms with Gasteiger partial charge in [-0.05, 0) is 11.8 Å². The highest BCUT2D eigenvalue weighted by molar-refractivity contribution is 4.61. The van der Waals surface area contributed by atoms with Crippen LogP contribution in [0, 0.1) is 11.8 Å². The van der Waals surface area contributed by atoms with E-state index in [1.54, 1.807) is 0 Å². The van der Waals surface area contributed by atoms with E-state index >= 15 is 0 Å². The van der Waals surface area contributed by atoms with Crippen molar-refractivity contribution < 1.29 is 0 Å². The SMILES string of the molecule is CCCC.CCCC(CCC)C(C)C. The van der Waals surface area contributed by atoms with Gasteiger partial charge in [0, 0.05) is 0 Å². The summed E-state index contributed by atoms with van der Waals surface area (Å²) in [6.45, 7) is 13.6. The van der Waals surface area contributed by atoms with Gasteiger partial charge in [0.15, 0.2) is 0 Å². The Morgan fingerprint density at radius 2 is 1.00 bits per heavy atom. The number of hydrogen-bond donors (Lipinski definition) is 0. The summed E-state index contributed by atoms with van der Waals surface area (Å²) in [4.78, 5) is 0. The fourth-order valence-corrected chi connectivity index (χ4v) is 1.55. The van der Waals surface area contributed by atoms with Crippen LogP contribution in [-0.2, 0) is 0 Å². The molecule has 0 radical (unpaired) electrons. The van der Waals surface area contributed by atoms with Crippen molar-refractivity contribution in [2.24, 2.45) is 11.8 Å². The third-order valence-electron chi connectivity index (χ3n) is 2.76. The molecule has 0 bridgehead atoms. The minimum absolute atomic E-state index is 0.889. The lowest BCUT2D eigenvalue weighted by molar-refractivity contribution is 0.331. The molecule has 0 aromatic rings. The van der Waals surface area contributed by atoms with Gasteiger partial charge in [0.25, 0.3) is 0 Å². The predicted octanol–water partition coefficient (Wildman–Crippen LogP) is 5.67. The first-order valence-corrected chi connectivity index (χ1v) is 6.63. The topological polar surface area (TPSA) is 0 Å². The largest absolute Gasteiger partial charge is 0.0654 e. The van der Waals surface area contributed by atoms with Crippen molar-refractivity contribution in [2.45, 2.75) is 80.1 Å². The zero-order valence-corrected chi connectivity index (χ0v) is 11.4. The van der Waals surface area contributed by atoms with Gasteiger partial charge in [-0.3, -0.25) is 0 Å². The van der Waals surface area contributed by atoms with Crippen molar-refractivity contribution in [3.05, 3.63) is 0 Å². The van der Waals surface area contributed by atoms with Crippen molar-refractivity contribution in [2.75, 3.05) is 0 Å². The first kappa shape index (κ1) is 16.4. The van der Waals surface area contributed by atoms with E-state index in [9.17, 15) is 0 Å². The monoisotopic (exact) mass is 200 g/mol. The van der Waals surface area contributed by atoms with E-state index in [-0.39, 0.29) is 0 Å². The molecule has 0 fully saturated rings. The van der Waals surface area contributed by atoms with Gasteiger partial charge < -0.3 is 0 Å². The number of hydrogen-bond acceptors (Lipinski definition) is 0. The molecule has 0 aliphatic carbocycles. The molecule has 0 nitrogen and oxygen atoms in total. The minimum atomic E-state index is 0.889. The Labute approximate surface area is 92.5 Å². The Kier molecular flexibility index (Phi) is 15.3. The highest BCUT2D eigenvalue weighted by atomic mass is 14.2. The van der Waals surface area contributed by atoms with Crippen molar-refractivity contribution in [3.63, 3.8) is 0 Å². The van der Waals surface area contributed by atoms with Crippen molar-refractivity contribution in [1.29, 1.82) is 0 Å². The lowest BCUT2D eigenvalue weighted by Crippen LogP contribution is -2.07. The summed E-state index contributed by atoms with van der Waals surface area (Å²) in [6, 6.07) is 0. The van der Waals surface area contributed by atoms with E-state index in [0.29, 0.717) is 0 Å². The van der Waals surface area contributed by atoms with Gasteiger partial charge in [-0.1, -0.05) is 80.1 Å². The fraction of sp³-hybridized carbons (Fsp3) is 1.00. The van der Waals surface area contributed by atoms with E-state index in [1.165, 1.54) is 38.5 Å². The lowest BCUT2D eigenvalue weighted by Gasteiger charge is -2.18. The molecule has 0 amide bonds. The maximum absolute atomic E-state index is 2.34. The Morgan fingerprint density at radius 3 is 1.14 bits per heavy atom. The molecule has 0 rings (SSSR count). The Balaban J connectivity index is 0. The second-order valence-electron chi connectivity index (χ2n) is 4.58. The van der Waals surface area contributed by atoms with Crippen molar-refractivity contribution >= 4 is 0 Å². The molecule has 0 spiro atoms. The predicted molar refractivity (Wildman–Crippen MR) is 68.7 cm³/mol. The molecule has 0 heterocycles. The molecule has 14 heavy (non-hydrogen) atoms. The van der Waals surface area contributed by atoms with E-state index in [4.69, 9.17) is 0 Å². The van der Waals surface area contributed by atoms with Crippen LogP contribution in [-0.4, -0.2) is 0 Å². The van der Waals surface area contributed by atoms with Crippen LogP contribution in [0.25, 0.3) is 0 Å². The Hall–Kier alpha value is 0. The molecule has 0 aliphatic rings. The first-order valence-electron chi connectivity index (χ1n) is 6.63. The van der Waals surface area contributed by atoms with Crippen LogP contribution in [0.4, 0.5) is 0 Å². The molecule has 0 aromatic heterocycles. The average Bonchev–Trinajstić information content (AvgIpc) is 2.18. The van der Waals surface area contributed by atoms with Gasteiger partial charge in [-0.25, -0.2) is 0 Å². The standard InChI is InChI=1S/C10H22.C4H10/c1-5-7-10(8-6-2)9(3)4;1-3-4-2/h9-10H,5-8H2,1-4H3;3-4H2,1-2H3. The molecule has 0 unspecified atom stereocenters. The second-order valence-corrected chi connectivity index (χ2v) is 4.58. The summed E-state index contributed by atoms with van der Waals surface area (Å²) in [6.07, 6.45) is 8.18. The summed E-state index contributed by atoms with van der Waals surface area (Å²) in [5.41, 5.74) is 0. The van der Waals surface area contributed by atoms with Crippen LogP contribution in [0.15, 0.2) is 0 Å². The summed E-state index contributed by atoms with van der Waals surface area (Å²) >= 11 is 0. The van der Waals surface area contributed by atoms with Crippen LogP contribution in [0.3, 0.4) is 0 Å². The second kappa shape index (κ2) is 13.0. The van der Waals surface area contributed by atoms with Gasteiger partial charge >= 0.3 is 0 Å². The van der Waals surface area contributed by atoms with E-state index < -0.39 is 0 Å². The first-order chi connectivity index (χ1) is 6.63. The van der Waals surface area contributed by atoms with Crippen LogP contribution in [0.1, 0.15) is 80.1 Å². The zero-order chi connectivity index (χ0) is 11.4. The summed E-state index contributed by atoms with van der Waals surface area (Å²) in [5.74, 6) is 1.87. The molecule has 0 saturated heterocycles. The molecule has 0 aromatic carbocycles. The van der Waals surface area contributed by atoms with E-state index in [1.807, 2.05) is 0 Å². The fourth-order valence-electron chi connectivity index (χ4n) is 1.55. The zero-order valence-electron chi connectivity index (χ0n) is 11.4. The Bertz CT molecular complexity index is 76.0. The highest BCUT2D eigenvalue weighted by Crippen LogP contribution is 2.21. The molecular formula is C14H32. The Morgan fingerprint density at radius 1 is 0.643 bits per heavy atom. The quantitative estimate of drug-likeness (QED) is 0.518. The number of unbranched alkanes of at least 4 members (excludes halogenated alkanes) is 1. The molecule has 0 N–H and O–H groups in total. The smallest absolute Gasteiger partial charge is 0.0391 e. The molecule has 0 saturated carbocycles. The van der Waals surface area contributed by atoms with Crippen molar-refractivity contribution in [3.8, 4) is 0 Å². The molecule has 0 atom stereocenters. The van der Waals surface area contributed by atoms with Crippen LogP contribution in [0.2, 0.25) is 0 Å². The van der Waals surface area contributed by atoms with E-state index in [2.05, 4.69) is 41.5 Å². The van der Waals surface area contributed by atoms with Crippen LogP contribution < -0.4 is 0 Å². The summed E-state index contributed by atoms with van der Waals surface area (Å²) in [7, 11) is 0. The highest BCUT2D eigenvalue weighted by Gasteiger charge is 2.09. The van der Waals surface area contributed by atoms with Gasteiger partial charge in [0.2, 0.25) is 0 Å². The van der Waals surface area contributed by atoms with Crippen LogP contribution >= 0.6 is 0 Å². The number of rotatable bonds is 6. The van der Waals surface area contributed by atoms with Gasteiger partial charge in [0.1, 0.15) is 0 Å². The average molecular weight is 200 g/mol. The molecule has 0 heteroatoms. The molecule has 88 valence electrons. The van der Waals surface area contributed by atoms with Crippen molar-refractivity contribution in [1.82, 2.24) is 0 Å². The third-order valence-corrected chi connectivity index (χ3v) is 2.76. The maximum Gasteiger partial charge on any atom is -0.0391 e.